The molecule has 0 saturated carbocycles. The average Bonchev–Trinajstić information content (AvgIpc) is 2.40. The third kappa shape index (κ3) is 3.36. The van der Waals surface area contributed by atoms with Crippen LogP contribution in [0.2, 0.25) is 0 Å². The second-order valence-electron chi connectivity index (χ2n) is 3.59. The molecule has 4 nitrogen and oxygen atoms in total. The molecule has 0 saturated heterocycles. The summed E-state index contributed by atoms with van der Waals surface area (Å²) in [7, 11) is 0. The summed E-state index contributed by atoms with van der Waals surface area (Å²) in [5.41, 5.74) is 2.02. The first-order chi connectivity index (χ1) is 9.40. The maximum absolute atomic E-state index is 13.5. The van der Waals surface area contributed by atoms with Crippen molar-refractivity contribution in [2.75, 3.05) is 5.43 Å². The van der Waals surface area contributed by atoms with Crippen molar-refractivity contribution in [1.82, 2.24) is 9.97 Å². The van der Waals surface area contributed by atoms with E-state index >= 15 is 0 Å². The molecule has 3 N–H and O–H groups in total. The fraction of sp³-hybridized carbons (Fsp3) is 0.0909. The van der Waals surface area contributed by atoms with Gasteiger partial charge < -0.3 is 5.43 Å². The van der Waals surface area contributed by atoms with E-state index in [1.54, 1.807) is 6.07 Å². The number of hydrogen-bond donors (Lipinski definition) is 2. The van der Waals surface area contributed by atoms with Gasteiger partial charge in [-0.25, -0.2) is 20.2 Å². The highest BCUT2D eigenvalue weighted by molar-refractivity contribution is 7.99. The minimum atomic E-state index is -4.71. The first-order valence-corrected chi connectivity index (χ1v) is 6.07. The highest BCUT2D eigenvalue weighted by Crippen LogP contribution is 2.33. The molecular weight excluding hydrogens is 296 g/mol. The minimum Gasteiger partial charge on any atom is -0.308 e. The van der Waals surface area contributed by atoms with Gasteiger partial charge in [-0.2, -0.15) is 13.2 Å². The Morgan fingerprint density at radius 2 is 1.85 bits per heavy atom. The number of nitrogen functional groups attached to an aromatic ring is 1. The number of nitrogens with two attached hydrogens (primary N) is 1. The topological polar surface area (TPSA) is 63.8 Å². The fourth-order valence-electron chi connectivity index (χ4n) is 1.32. The third-order valence-electron chi connectivity index (χ3n) is 2.16. The van der Waals surface area contributed by atoms with Gasteiger partial charge in [0, 0.05) is 11.0 Å². The van der Waals surface area contributed by atoms with Gasteiger partial charge in [-0.1, -0.05) is 23.9 Å². The maximum Gasteiger partial charge on any atom is 0.451 e. The van der Waals surface area contributed by atoms with Gasteiger partial charge in [0.25, 0.3) is 0 Å². The number of benzene rings is 1. The van der Waals surface area contributed by atoms with Gasteiger partial charge in [-0.05, 0) is 12.1 Å². The predicted molar refractivity (Wildman–Crippen MR) is 65.4 cm³/mol. The minimum absolute atomic E-state index is 0.0645. The summed E-state index contributed by atoms with van der Waals surface area (Å²) in [6.07, 6.45) is -4.71. The maximum atomic E-state index is 13.5. The van der Waals surface area contributed by atoms with Crippen LogP contribution in [0.15, 0.2) is 40.3 Å². The SMILES string of the molecule is NNc1cc(Sc2ccccc2F)nc(C(F)(F)F)n1. The number of hydrogen-bond acceptors (Lipinski definition) is 5. The van der Waals surface area contributed by atoms with E-state index in [2.05, 4.69) is 9.97 Å². The lowest BCUT2D eigenvalue weighted by atomic mass is 10.3. The molecule has 0 radical (unpaired) electrons. The molecule has 1 aromatic heterocycles. The Kier molecular flexibility index (Phi) is 4.09. The van der Waals surface area contributed by atoms with Crippen molar-refractivity contribution in [3.8, 4) is 0 Å². The fourth-order valence-corrected chi connectivity index (χ4v) is 2.16. The highest BCUT2D eigenvalue weighted by atomic mass is 32.2. The molecule has 20 heavy (non-hydrogen) atoms. The number of aromatic nitrogens is 2. The van der Waals surface area contributed by atoms with E-state index in [9.17, 15) is 17.6 Å². The van der Waals surface area contributed by atoms with Gasteiger partial charge in [-0.15, -0.1) is 0 Å². The number of halogens is 4. The van der Waals surface area contributed by atoms with Crippen molar-refractivity contribution >= 4 is 17.6 Å². The molecule has 0 atom stereocenters. The van der Waals surface area contributed by atoms with Crippen molar-refractivity contribution in [3.63, 3.8) is 0 Å². The molecule has 106 valence electrons. The van der Waals surface area contributed by atoms with Crippen molar-refractivity contribution in [2.45, 2.75) is 16.1 Å². The second-order valence-corrected chi connectivity index (χ2v) is 4.65. The molecule has 2 rings (SSSR count). The summed E-state index contributed by atoms with van der Waals surface area (Å²) in [6.45, 7) is 0. The zero-order valence-corrected chi connectivity index (χ0v) is 10.6. The molecule has 1 heterocycles. The Labute approximate surface area is 115 Å². The van der Waals surface area contributed by atoms with Crippen LogP contribution in [-0.4, -0.2) is 9.97 Å². The number of alkyl halides is 3. The van der Waals surface area contributed by atoms with E-state index in [1.165, 1.54) is 24.3 Å². The molecule has 0 aliphatic rings. The van der Waals surface area contributed by atoms with Gasteiger partial charge in [-0.3, -0.25) is 0 Å². The van der Waals surface area contributed by atoms with Gasteiger partial charge in [0.1, 0.15) is 16.7 Å². The van der Waals surface area contributed by atoms with E-state index < -0.39 is 17.8 Å². The van der Waals surface area contributed by atoms with E-state index in [0.29, 0.717) is 0 Å². The smallest absolute Gasteiger partial charge is 0.308 e. The van der Waals surface area contributed by atoms with E-state index in [4.69, 9.17) is 5.84 Å². The lowest BCUT2D eigenvalue weighted by Crippen LogP contribution is -2.16. The van der Waals surface area contributed by atoms with E-state index in [0.717, 1.165) is 11.8 Å². The molecule has 0 spiro atoms. The van der Waals surface area contributed by atoms with Crippen LogP contribution in [0.4, 0.5) is 23.4 Å². The molecule has 0 aliphatic heterocycles. The summed E-state index contributed by atoms with van der Waals surface area (Å²) in [4.78, 5) is 6.72. The molecule has 9 heteroatoms. The van der Waals surface area contributed by atoms with Gasteiger partial charge in [0.2, 0.25) is 5.82 Å². The Bertz CT molecular complexity index is 618. The van der Waals surface area contributed by atoms with Gasteiger partial charge in [0.15, 0.2) is 0 Å². The zero-order valence-electron chi connectivity index (χ0n) is 9.78. The molecule has 0 aliphatic carbocycles. The molecule has 0 unspecified atom stereocenters. The first-order valence-electron chi connectivity index (χ1n) is 5.25. The standard InChI is InChI=1S/C11H8F4N4S/c12-6-3-1-2-4-7(6)20-9-5-8(19-16)17-10(18-9)11(13,14)15/h1-5H,16H2,(H,17,18,19). The quantitative estimate of drug-likeness (QED) is 0.395. The second kappa shape index (κ2) is 5.63. The van der Waals surface area contributed by atoms with E-state index in [1.807, 2.05) is 5.43 Å². The summed E-state index contributed by atoms with van der Waals surface area (Å²) in [5, 5.41) is -0.0645. The Hall–Kier alpha value is -1.87. The van der Waals surface area contributed by atoms with Crippen molar-refractivity contribution in [2.24, 2.45) is 5.84 Å². The summed E-state index contributed by atoms with van der Waals surface area (Å²) >= 11 is 0.752. The molecular formula is C11H8F4N4S. The summed E-state index contributed by atoms with van der Waals surface area (Å²) in [5.74, 6) is 2.97. The number of nitrogens with one attached hydrogen (secondary N) is 1. The van der Waals surface area contributed by atoms with Crippen LogP contribution >= 0.6 is 11.8 Å². The van der Waals surface area contributed by atoms with Crippen molar-refractivity contribution in [3.05, 3.63) is 42.0 Å². The normalized spacial score (nSPS) is 11.4. The Morgan fingerprint density at radius 1 is 1.15 bits per heavy atom. The van der Waals surface area contributed by atoms with Crippen molar-refractivity contribution < 1.29 is 17.6 Å². The molecule has 0 bridgehead atoms. The van der Waals surface area contributed by atoms with Crippen LogP contribution in [0.5, 0.6) is 0 Å². The highest BCUT2D eigenvalue weighted by Gasteiger charge is 2.35. The summed E-state index contributed by atoms with van der Waals surface area (Å²) in [6, 6.07) is 6.89. The molecule has 1 aromatic carbocycles. The van der Waals surface area contributed by atoms with E-state index in [-0.39, 0.29) is 15.7 Å². The van der Waals surface area contributed by atoms with Crippen LogP contribution < -0.4 is 11.3 Å². The van der Waals surface area contributed by atoms with Gasteiger partial charge in [0.05, 0.1) is 0 Å². The molecule has 2 aromatic rings. The van der Waals surface area contributed by atoms with Crippen LogP contribution in [0.1, 0.15) is 5.82 Å². The number of nitrogens with zero attached hydrogens (tertiary/aromatic N) is 2. The summed E-state index contributed by atoms with van der Waals surface area (Å²) < 4.78 is 51.3. The van der Waals surface area contributed by atoms with Crippen molar-refractivity contribution in [1.29, 1.82) is 0 Å². The molecule has 0 amide bonds. The van der Waals surface area contributed by atoms with Gasteiger partial charge >= 0.3 is 6.18 Å². The van der Waals surface area contributed by atoms with Crippen LogP contribution in [0, 0.1) is 5.82 Å². The van der Waals surface area contributed by atoms with Crippen LogP contribution in [-0.2, 0) is 6.18 Å². The molecule has 0 fully saturated rings. The largest absolute Gasteiger partial charge is 0.451 e. The van der Waals surface area contributed by atoms with Crippen LogP contribution in [0.25, 0.3) is 0 Å². The lowest BCUT2D eigenvalue weighted by molar-refractivity contribution is -0.145. The number of anilines is 1. The average molecular weight is 304 g/mol. The Balaban J connectivity index is 2.39. The first kappa shape index (κ1) is 14.5. The predicted octanol–water partition coefficient (Wildman–Crippen LogP) is 3.07. The number of rotatable bonds is 3. The Morgan fingerprint density at radius 3 is 2.45 bits per heavy atom. The van der Waals surface area contributed by atoms with Crippen LogP contribution in [0.3, 0.4) is 0 Å². The lowest BCUT2D eigenvalue weighted by Gasteiger charge is -2.09. The monoisotopic (exact) mass is 304 g/mol. The number of hydrazine groups is 1. The third-order valence-corrected chi connectivity index (χ3v) is 3.12. The zero-order chi connectivity index (χ0) is 14.8.